The van der Waals surface area contributed by atoms with Gasteiger partial charge in [-0.05, 0) is 67.0 Å². The topological polar surface area (TPSA) is 87.4 Å². The number of nitro groups is 1. The van der Waals surface area contributed by atoms with Crippen molar-refractivity contribution in [3.8, 4) is 0 Å². The van der Waals surface area contributed by atoms with Gasteiger partial charge in [0.05, 0.1) is 11.0 Å². The molecule has 6 nitrogen and oxygen atoms in total. The molecule has 0 spiro atoms. The number of non-ortho nitro benzene ring substituents is 1. The van der Waals surface area contributed by atoms with Crippen LogP contribution in [0.1, 0.15) is 22.8 Å². The summed E-state index contributed by atoms with van der Waals surface area (Å²) in [5.41, 5.74) is 3.72. The molecule has 126 valence electrons. The van der Waals surface area contributed by atoms with Crippen molar-refractivity contribution < 1.29 is 10.0 Å². The van der Waals surface area contributed by atoms with Gasteiger partial charge in [0.15, 0.2) is 5.11 Å². The number of nitrogens with one attached hydrogen (secondary N) is 2. The van der Waals surface area contributed by atoms with E-state index in [1.54, 1.807) is 0 Å². The van der Waals surface area contributed by atoms with Gasteiger partial charge >= 0.3 is 0 Å². The first-order valence-corrected chi connectivity index (χ1v) is 7.81. The molecule has 0 amide bonds. The van der Waals surface area contributed by atoms with Gasteiger partial charge in [-0.3, -0.25) is 10.1 Å². The Kier molecular flexibility index (Phi) is 5.83. The second-order valence-corrected chi connectivity index (χ2v) is 5.98. The van der Waals surface area contributed by atoms with E-state index in [1.165, 1.54) is 24.3 Å². The first kappa shape index (κ1) is 17.8. The molecule has 2 rings (SSSR count). The standard InChI is InChI=1S/C17H19N3O3S/c1-11-7-12(2)9-14(8-11)19-17(24)18-10-16(21)13-3-5-15(6-4-13)20(22)23/h3-9,16,21H,10H2,1-2H3,(H2,18,19,24). The molecule has 0 bridgehead atoms. The molecule has 0 saturated carbocycles. The smallest absolute Gasteiger partial charge is 0.269 e. The average Bonchev–Trinajstić information content (AvgIpc) is 2.51. The molecule has 0 fully saturated rings. The highest BCUT2D eigenvalue weighted by Gasteiger charge is 2.11. The number of anilines is 1. The normalized spacial score (nSPS) is 11.6. The monoisotopic (exact) mass is 345 g/mol. The Balaban J connectivity index is 1.89. The van der Waals surface area contributed by atoms with Crippen LogP contribution < -0.4 is 10.6 Å². The molecule has 0 aliphatic carbocycles. The van der Waals surface area contributed by atoms with Crippen LogP contribution in [0.15, 0.2) is 42.5 Å². The molecule has 2 aromatic carbocycles. The lowest BCUT2D eigenvalue weighted by Gasteiger charge is -2.15. The van der Waals surface area contributed by atoms with Gasteiger partial charge in [-0.15, -0.1) is 0 Å². The molecular weight excluding hydrogens is 326 g/mol. The molecule has 0 saturated heterocycles. The van der Waals surface area contributed by atoms with E-state index in [0.29, 0.717) is 10.7 Å². The van der Waals surface area contributed by atoms with E-state index >= 15 is 0 Å². The molecule has 3 N–H and O–H groups in total. The fourth-order valence-corrected chi connectivity index (χ4v) is 2.55. The highest BCUT2D eigenvalue weighted by Crippen LogP contribution is 2.17. The van der Waals surface area contributed by atoms with Crippen LogP contribution in [0.4, 0.5) is 11.4 Å². The van der Waals surface area contributed by atoms with Gasteiger partial charge in [0.1, 0.15) is 0 Å². The lowest BCUT2D eigenvalue weighted by atomic mass is 10.1. The molecule has 0 aromatic heterocycles. The maximum atomic E-state index is 10.6. The number of thiocarbonyl (C=S) groups is 1. The number of hydrogen-bond donors (Lipinski definition) is 3. The number of rotatable bonds is 5. The van der Waals surface area contributed by atoms with Crippen molar-refractivity contribution in [1.29, 1.82) is 0 Å². The first-order chi connectivity index (χ1) is 11.3. The van der Waals surface area contributed by atoms with Crippen LogP contribution in [0.5, 0.6) is 0 Å². The quantitative estimate of drug-likeness (QED) is 0.438. The van der Waals surface area contributed by atoms with E-state index in [2.05, 4.69) is 16.7 Å². The number of benzene rings is 2. The van der Waals surface area contributed by atoms with E-state index < -0.39 is 11.0 Å². The minimum Gasteiger partial charge on any atom is -0.387 e. The maximum absolute atomic E-state index is 10.6. The number of aryl methyl sites for hydroxylation is 2. The van der Waals surface area contributed by atoms with E-state index in [0.717, 1.165) is 16.8 Å². The molecule has 0 aliphatic heterocycles. The summed E-state index contributed by atoms with van der Waals surface area (Å²) in [5.74, 6) is 0. The van der Waals surface area contributed by atoms with Crippen molar-refractivity contribution in [3.05, 3.63) is 69.3 Å². The van der Waals surface area contributed by atoms with Gasteiger partial charge in [0.2, 0.25) is 0 Å². The highest BCUT2D eigenvalue weighted by molar-refractivity contribution is 7.80. The third-order valence-electron chi connectivity index (χ3n) is 3.42. The summed E-state index contributed by atoms with van der Waals surface area (Å²) < 4.78 is 0. The second-order valence-electron chi connectivity index (χ2n) is 5.58. The predicted molar refractivity (Wildman–Crippen MR) is 98.2 cm³/mol. The van der Waals surface area contributed by atoms with Gasteiger partial charge < -0.3 is 15.7 Å². The molecule has 7 heteroatoms. The van der Waals surface area contributed by atoms with Crippen LogP contribution in [0, 0.1) is 24.0 Å². The largest absolute Gasteiger partial charge is 0.387 e. The SMILES string of the molecule is Cc1cc(C)cc(NC(=S)NCC(O)c2ccc([N+](=O)[O-])cc2)c1. The summed E-state index contributed by atoms with van der Waals surface area (Å²) >= 11 is 5.22. The molecule has 1 unspecified atom stereocenters. The molecule has 0 radical (unpaired) electrons. The number of nitro benzene ring substituents is 1. The zero-order valence-corrected chi connectivity index (χ0v) is 14.3. The Morgan fingerprint density at radius 2 is 1.79 bits per heavy atom. The fraction of sp³-hybridized carbons (Fsp3) is 0.235. The van der Waals surface area contributed by atoms with Crippen molar-refractivity contribution in [2.24, 2.45) is 0 Å². The van der Waals surface area contributed by atoms with Crippen LogP contribution in [0.3, 0.4) is 0 Å². The average molecular weight is 345 g/mol. The lowest BCUT2D eigenvalue weighted by molar-refractivity contribution is -0.384. The van der Waals surface area contributed by atoms with Crippen LogP contribution in [0.25, 0.3) is 0 Å². The second kappa shape index (κ2) is 7.85. The number of hydrogen-bond acceptors (Lipinski definition) is 4. The summed E-state index contributed by atoms with van der Waals surface area (Å²) in [5, 5.41) is 27.2. The number of aliphatic hydroxyl groups excluding tert-OH is 1. The Morgan fingerprint density at radius 3 is 2.33 bits per heavy atom. The summed E-state index contributed by atoms with van der Waals surface area (Å²) in [4.78, 5) is 10.1. The summed E-state index contributed by atoms with van der Waals surface area (Å²) in [6.45, 7) is 4.22. The van der Waals surface area contributed by atoms with Crippen molar-refractivity contribution in [3.63, 3.8) is 0 Å². The zero-order chi connectivity index (χ0) is 17.7. The minimum atomic E-state index is -0.815. The first-order valence-electron chi connectivity index (χ1n) is 7.40. The molecule has 0 heterocycles. The molecular formula is C17H19N3O3S. The predicted octanol–water partition coefficient (Wildman–Crippen LogP) is 3.23. The van der Waals surface area contributed by atoms with Crippen molar-refractivity contribution in [2.45, 2.75) is 20.0 Å². The Bertz CT molecular complexity index is 727. The Hall–Kier alpha value is -2.51. The Morgan fingerprint density at radius 1 is 1.21 bits per heavy atom. The lowest BCUT2D eigenvalue weighted by Crippen LogP contribution is -2.32. The maximum Gasteiger partial charge on any atom is 0.269 e. The van der Waals surface area contributed by atoms with Crippen molar-refractivity contribution >= 4 is 28.7 Å². The zero-order valence-electron chi connectivity index (χ0n) is 13.4. The summed E-state index contributed by atoms with van der Waals surface area (Å²) in [6.07, 6.45) is -0.815. The van der Waals surface area contributed by atoms with E-state index in [-0.39, 0.29) is 12.2 Å². The molecule has 2 aromatic rings. The van der Waals surface area contributed by atoms with E-state index in [1.807, 2.05) is 26.0 Å². The number of aliphatic hydroxyl groups is 1. The molecule has 1 atom stereocenters. The minimum absolute atomic E-state index is 0.00841. The molecule has 0 aliphatic rings. The van der Waals surface area contributed by atoms with Crippen LogP contribution in [-0.4, -0.2) is 21.7 Å². The third kappa shape index (κ3) is 5.00. The third-order valence-corrected chi connectivity index (χ3v) is 3.67. The Labute approximate surface area is 145 Å². The van der Waals surface area contributed by atoms with Crippen LogP contribution in [0.2, 0.25) is 0 Å². The summed E-state index contributed by atoms with van der Waals surface area (Å²) in [6, 6.07) is 11.8. The fourth-order valence-electron chi connectivity index (χ4n) is 2.35. The van der Waals surface area contributed by atoms with Gasteiger partial charge in [-0.25, -0.2) is 0 Å². The summed E-state index contributed by atoms with van der Waals surface area (Å²) in [7, 11) is 0. The van der Waals surface area contributed by atoms with Gasteiger partial charge in [0, 0.05) is 24.4 Å². The number of nitrogens with zero attached hydrogens (tertiary/aromatic N) is 1. The highest BCUT2D eigenvalue weighted by atomic mass is 32.1. The van der Waals surface area contributed by atoms with E-state index in [9.17, 15) is 15.2 Å². The van der Waals surface area contributed by atoms with Crippen molar-refractivity contribution in [1.82, 2.24) is 5.32 Å². The van der Waals surface area contributed by atoms with Crippen LogP contribution >= 0.6 is 12.2 Å². The molecule has 24 heavy (non-hydrogen) atoms. The van der Waals surface area contributed by atoms with Gasteiger partial charge in [-0.2, -0.15) is 0 Å². The van der Waals surface area contributed by atoms with Gasteiger partial charge in [0.25, 0.3) is 5.69 Å². The van der Waals surface area contributed by atoms with Crippen LogP contribution in [-0.2, 0) is 0 Å². The van der Waals surface area contributed by atoms with Gasteiger partial charge in [-0.1, -0.05) is 6.07 Å². The van der Waals surface area contributed by atoms with E-state index in [4.69, 9.17) is 12.2 Å². The van der Waals surface area contributed by atoms with Crippen molar-refractivity contribution in [2.75, 3.05) is 11.9 Å².